The third kappa shape index (κ3) is 5.60. The second-order valence-electron chi connectivity index (χ2n) is 9.77. The minimum Gasteiger partial charge on any atom is -0.508 e. The van der Waals surface area contributed by atoms with E-state index in [2.05, 4.69) is 15.9 Å². The monoisotopic (exact) mass is 602 g/mol. The van der Waals surface area contributed by atoms with Crippen molar-refractivity contribution in [2.75, 3.05) is 20.3 Å². The molecule has 9 nitrogen and oxygen atoms in total. The highest BCUT2D eigenvalue weighted by atomic mass is 79.9. The smallest absolute Gasteiger partial charge is 0.176 e. The van der Waals surface area contributed by atoms with E-state index in [9.17, 15) is 25.5 Å². The largest absolute Gasteiger partial charge is 0.508 e. The molecule has 4 unspecified atom stereocenters. The molecule has 0 amide bonds. The molecule has 2 aromatic rings. The Labute approximate surface area is 234 Å². The fraction of sp³-hybridized carbons (Fsp3) is 0.379. The van der Waals surface area contributed by atoms with Crippen LogP contribution in [0, 0.1) is 0 Å². The molecule has 0 bridgehead atoms. The molecule has 0 spiro atoms. The van der Waals surface area contributed by atoms with E-state index in [0.717, 1.165) is 11.1 Å². The number of methoxy groups -OCH3 is 1. The number of fused-ring (bicyclic) bond motifs is 2. The quantitative estimate of drug-likeness (QED) is 0.339. The predicted molar refractivity (Wildman–Crippen MR) is 145 cm³/mol. The maximum Gasteiger partial charge on any atom is 0.176 e. The second-order valence-corrected chi connectivity index (χ2v) is 10.6. The van der Waals surface area contributed by atoms with Gasteiger partial charge in [-0.3, -0.25) is 0 Å². The normalized spacial score (nSPS) is 24.8. The van der Waals surface area contributed by atoms with Gasteiger partial charge in [-0.05, 0) is 69.4 Å². The van der Waals surface area contributed by atoms with Crippen LogP contribution in [0.5, 0.6) is 23.0 Å². The summed E-state index contributed by atoms with van der Waals surface area (Å²) in [5.41, 5.74) is 2.65. The predicted octanol–water partition coefficient (Wildman–Crippen LogP) is 4.27. The van der Waals surface area contributed by atoms with Crippen LogP contribution < -0.4 is 9.47 Å². The first-order chi connectivity index (χ1) is 18.8. The fourth-order valence-electron chi connectivity index (χ4n) is 5.24. The van der Waals surface area contributed by atoms with Crippen LogP contribution in [0.2, 0.25) is 0 Å². The van der Waals surface area contributed by atoms with E-state index in [0.29, 0.717) is 45.7 Å². The molecule has 2 aliphatic heterocycles. The molecule has 2 heterocycles. The summed E-state index contributed by atoms with van der Waals surface area (Å²) in [5, 5.41) is 51.4. The van der Waals surface area contributed by atoms with Crippen LogP contribution in [-0.2, 0) is 22.5 Å². The van der Waals surface area contributed by atoms with E-state index in [1.54, 1.807) is 12.2 Å². The Balaban J connectivity index is 1.47. The number of allylic oxidation sites excluding steroid dienone is 2. The number of ether oxygens (including phenoxy) is 4. The lowest BCUT2D eigenvalue weighted by Gasteiger charge is -2.36. The number of rotatable bonds is 5. The van der Waals surface area contributed by atoms with Crippen molar-refractivity contribution in [1.82, 2.24) is 0 Å². The van der Waals surface area contributed by atoms with Crippen molar-refractivity contribution in [3.05, 3.63) is 80.7 Å². The van der Waals surface area contributed by atoms with E-state index in [1.165, 1.54) is 19.2 Å². The number of phenolic OH excluding ortho intramolecular Hbond substituents is 2. The van der Waals surface area contributed by atoms with Crippen molar-refractivity contribution in [3.63, 3.8) is 0 Å². The summed E-state index contributed by atoms with van der Waals surface area (Å²) in [7, 11) is 1.48. The van der Waals surface area contributed by atoms with Gasteiger partial charge in [-0.1, -0.05) is 6.08 Å². The average molecular weight is 603 g/mol. The Bertz CT molecular complexity index is 1330. The third-order valence-electron chi connectivity index (χ3n) is 7.23. The second kappa shape index (κ2) is 11.5. The van der Waals surface area contributed by atoms with E-state index >= 15 is 0 Å². The molecule has 4 atom stereocenters. The molecule has 0 radical (unpaired) electrons. The molecule has 10 heteroatoms. The molecule has 0 saturated heterocycles. The highest BCUT2D eigenvalue weighted by Gasteiger charge is 2.37. The summed E-state index contributed by atoms with van der Waals surface area (Å²) < 4.78 is 24.7. The molecule has 208 valence electrons. The van der Waals surface area contributed by atoms with Crippen molar-refractivity contribution >= 4 is 15.9 Å². The first kappa shape index (κ1) is 27.4. The number of aliphatic hydroxyl groups is 3. The molecule has 5 rings (SSSR count). The van der Waals surface area contributed by atoms with Crippen LogP contribution in [0.3, 0.4) is 0 Å². The highest BCUT2D eigenvalue weighted by Crippen LogP contribution is 2.45. The zero-order valence-electron chi connectivity index (χ0n) is 21.3. The summed E-state index contributed by atoms with van der Waals surface area (Å²) in [6.07, 6.45) is 4.23. The van der Waals surface area contributed by atoms with Gasteiger partial charge in [0.2, 0.25) is 0 Å². The van der Waals surface area contributed by atoms with Gasteiger partial charge in [0.05, 0.1) is 30.9 Å². The van der Waals surface area contributed by atoms with Gasteiger partial charge in [-0.2, -0.15) is 0 Å². The minimum atomic E-state index is -0.891. The lowest BCUT2D eigenvalue weighted by molar-refractivity contribution is 0.0257. The average Bonchev–Trinajstić information content (AvgIpc) is 3.08. The van der Waals surface area contributed by atoms with Gasteiger partial charge in [-0.15, -0.1) is 0 Å². The van der Waals surface area contributed by atoms with Gasteiger partial charge in [0.25, 0.3) is 0 Å². The van der Waals surface area contributed by atoms with Crippen molar-refractivity contribution in [2.24, 2.45) is 0 Å². The lowest BCUT2D eigenvalue weighted by atomic mass is 9.87. The van der Waals surface area contributed by atoms with E-state index in [4.69, 9.17) is 18.9 Å². The van der Waals surface area contributed by atoms with Crippen molar-refractivity contribution < 1.29 is 44.5 Å². The Hall–Kier alpha value is -3.18. The van der Waals surface area contributed by atoms with Gasteiger partial charge in [0.15, 0.2) is 29.1 Å². The van der Waals surface area contributed by atoms with Crippen molar-refractivity contribution in [3.8, 4) is 23.0 Å². The number of halogens is 1. The molecule has 0 aromatic heterocycles. The molecular formula is C29H31BrO9. The van der Waals surface area contributed by atoms with Gasteiger partial charge >= 0.3 is 0 Å². The molecule has 1 aliphatic carbocycles. The number of benzene rings is 2. The summed E-state index contributed by atoms with van der Waals surface area (Å²) in [4.78, 5) is 0. The van der Waals surface area contributed by atoms with Crippen molar-refractivity contribution in [1.29, 1.82) is 0 Å². The Kier molecular flexibility index (Phi) is 8.08. The molecule has 3 aliphatic rings. The van der Waals surface area contributed by atoms with Crippen LogP contribution in [0.15, 0.2) is 64.1 Å². The zero-order chi connectivity index (χ0) is 27.7. The molecule has 5 N–H and O–H groups in total. The van der Waals surface area contributed by atoms with Crippen LogP contribution in [-0.4, -0.2) is 64.2 Å². The number of hydrogen-bond donors (Lipinski definition) is 5. The van der Waals surface area contributed by atoms with Gasteiger partial charge < -0.3 is 44.5 Å². The summed E-state index contributed by atoms with van der Waals surface area (Å²) >= 11 is 3.59. The van der Waals surface area contributed by atoms with Crippen LogP contribution in [0.1, 0.15) is 35.4 Å². The molecule has 0 fully saturated rings. The topological polar surface area (TPSA) is 138 Å². The third-order valence-corrected chi connectivity index (χ3v) is 7.82. The molecule has 39 heavy (non-hydrogen) atoms. The van der Waals surface area contributed by atoms with Crippen molar-refractivity contribution in [2.45, 2.75) is 50.1 Å². The van der Waals surface area contributed by atoms with Gasteiger partial charge in [0, 0.05) is 37.0 Å². The highest BCUT2D eigenvalue weighted by molar-refractivity contribution is 9.10. The number of hydrogen-bond acceptors (Lipinski definition) is 9. The Morgan fingerprint density at radius 2 is 1.90 bits per heavy atom. The summed E-state index contributed by atoms with van der Waals surface area (Å²) in [5.74, 6) is 0.685. The number of phenols is 2. The molecular weight excluding hydrogens is 572 g/mol. The number of aliphatic hydroxyl groups excluding tert-OH is 3. The fourth-order valence-corrected chi connectivity index (χ4v) is 5.80. The maximum absolute atomic E-state index is 11.2. The molecule has 2 aromatic carbocycles. The standard InChI is InChI=1S/C29H31BrO9/c1-36-26-9-15(3-2-4-22(26)33)28-25(5-6-31)38-29-21(30)8-16(10-27(29)39-28)20-14-37-13-17-7-18(32)11-23(34)19(17)12-24(20)35/h3-4,7-11,20,24-25,28,31-35H,2,5-6,12-14H2,1H3. The SMILES string of the molecule is COC1=CC(C2Oc3cc(C4COCc5cc(O)cc(O)c5CC4O)cc(Br)c3OC2CCO)=CCC=C1O. The summed E-state index contributed by atoms with van der Waals surface area (Å²) in [6, 6.07) is 6.46. The van der Waals surface area contributed by atoms with E-state index in [-0.39, 0.29) is 43.5 Å². The maximum atomic E-state index is 11.2. The Morgan fingerprint density at radius 3 is 2.67 bits per heavy atom. The summed E-state index contributed by atoms with van der Waals surface area (Å²) in [6.45, 7) is 0.279. The van der Waals surface area contributed by atoms with Gasteiger partial charge in [0.1, 0.15) is 17.6 Å². The number of aromatic hydroxyl groups is 2. The van der Waals surface area contributed by atoms with Crippen LogP contribution in [0.4, 0.5) is 0 Å². The zero-order valence-corrected chi connectivity index (χ0v) is 22.9. The first-order valence-corrected chi connectivity index (χ1v) is 13.5. The van der Waals surface area contributed by atoms with Gasteiger partial charge in [-0.25, -0.2) is 0 Å². The Morgan fingerprint density at radius 1 is 1.08 bits per heavy atom. The lowest BCUT2D eigenvalue weighted by Crippen LogP contribution is -2.41. The van der Waals surface area contributed by atoms with E-state index < -0.39 is 24.2 Å². The van der Waals surface area contributed by atoms with E-state index in [1.807, 2.05) is 18.2 Å². The first-order valence-electron chi connectivity index (χ1n) is 12.7. The van der Waals surface area contributed by atoms with Crippen LogP contribution in [0.25, 0.3) is 0 Å². The molecule has 0 saturated carbocycles. The van der Waals surface area contributed by atoms with Crippen LogP contribution >= 0.6 is 15.9 Å². The minimum absolute atomic E-state index is 0.0331.